The third kappa shape index (κ3) is 5.70. The molecular formula is C19H33NO. The molecule has 0 radical (unpaired) electrons. The van der Waals surface area contributed by atoms with E-state index in [1.54, 1.807) is 0 Å². The van der Waals surface area contributed by atoms with E-state index >= 15 is 0 Å². The van der Waals surface area contributed by atoms with E-state index in [-0.39, 0.29) is 0 Å². The lowest BCUT2D eigenvalue weighted by molar-refractivity contribution is 0.265. The number of hydrogen-bond acceptors (Lipinski definition) is 2. The van der Waals surface area contributed by atoms with Crippen LogP contribution < -0.4 is 10.5 Å². The number of rotatable bonds is 8. The Morgan fingerprint density at radius 3 is 2.33 bits per heavy atom. The summed E-state index contributed by atoms with van der Waals surface area (Å²) in [6.45, 7) is 13.9. The Hall–Kier alpha value is -1.02. The fraction of sp³-hybridized carbons (Fsp3) is 0.684. The predicted molar refractivity (Wildman–Crippen MR) is 92.2 cm³/mol. The quantitative estimate of drug-likeness (QED) is 0.734. The molecule has 0 fully saturated rings. The minimum atomic E-state index is 0.318. The van der Waals surface area contributed by atoms with Crippen LogP contribution in [-0.4, -0.2) is 12.6 Å². The average Bonchev–Trinajstić information content (AvgIpc) is 2.42. The third-order valence-corrected chi connectivity index (χ3v) is 4.03. The summed E-state index contributed by atoms with van der Waals surface area (Å²) in [6.07, 6.45) is 3.25. The fourth-order valence-electron chi connectivity index (χ4n) is 2.62. The van der Waals surface area contributed by atoms with Gasteiger partial charge in [-0.1, -0.05) is 45.4 Å². The lowest BCUT2D eigenvalue weighted by Gasteiger charge is -2.21. The summed E-state index contributed by atoms with van der Waals surface area (Å²) in [5, 5.41) is 0. The molecule has 0 amide bonds. The van der Waals surface area contributed by atoms with Gasteiger partial charge in [0.25, 0.3) is 0 Å². The van der Waals surface area contributed by atoms with Crippen LogP contribution in [0.4, 0.5) is 0 Å². The summed E-state index contributed by atoms with van der Waals surface area (Å²) >= 11 is 0. The first-order valence-corrected chi connectivity index (χ1v) is 8.34. The van der Waals surface area contributed by atoms with E-state index in [4.69, 9.17) is 10.5 Å². The van der Waals surface area contributed by atoms with Crippen molar-refractivity contribution in [2.24, 2.45) is 11.7 Å². The van der Waals surface area contributed by atoms with Crippen molar-refractivity contribution in [2.45, 2.75) is 72.8 Å². The predicted octanol–water partition coefficient (Wildman–Crippen LogP) is 4.96. The van der Waals surface area contributed by atoms with Crippen molar-refractivity contribution in [3.8, 4) is 5.75 Å². The van der Waals surface area contributed by atoms with Crippen LogP contribution in [0.5, 0.6) is 5.75 Å². The van der Waals surface area contributed by atoms with Gasteiger partial charge in [-0.3, -0.25) is 0 Å². The van der Waals surface area contributed by atoms with E-state index in [9.17, 15) is 0 Å². The zero-order valence-corrected chi connectivity index (χ0v) is 14.7. The molecule has 0 bridgehead atoms. The summed E-state index contributed by atoms with van der Waals surface area (Å²) in [4.78, 5) is 0. The van der Waals surface area contributed by atoms with Crippen molar-refractivity contribution in [3.63, 3.8) is 0 Å². The Morgan fingerprint density at radius 2 is 1.76 bits per heavy atom. The zero-order chi connectivity index (χ0) is 16.0. The van der Waals surface area contributed by atoms with E-state index < -0.39 is 0 Å². The third-order valence-electron chi connectivity index (χ3n) is 4.03. The Labute approximate surface area is 131 Å². The van der Waals surface area contributed by atoms with Gasteiger partial charge in [0.15, 0.2) is 0 Å². The molecule has 0 aliphatic heterocycles. The molecule has 0 aliphatic rings. The fourth-order valence-corrected chi connectivity index (χ4v) is 2.62. The van der Waals surface area contributed by atoms with Crippen molar-refractivity contribution < 1.29 is 4.74 Å². The standard InChI is InChI=1S/C19H33NO/c1-7-17(20)9-8-15(5)18-11-14(4)10-16(6)19(18)21-12-13(2)3/h10-11,13,15,17H,7-9,12,20H2,1-6H3. The summed E-state index contributed by atoms with van der Waals surface area (Å²) < 4.78 is 6.11. The Kier molecular flexibility index (Phi) is 7.24. The molecule has 21 heavy (non-hydrogen) atoms. The van der Waals surface area contributed by atoms with E-state index in [1.165, 1.54) is 16.7 Å². The maximum atomic E-state index is 6.11. The lowest BCUT2D eigenvalue weighted by atomic mass is 9.90. The summed E-state index contributed by atoms with van der Waals surface area (Å²) in [7, 11) is 0. The topological polar surface area (TPSA) is 35.2 Å². The van der Waals surface area contributed by atoms with Crippen LogP contribution in [0.1, 0.15) is 69.6 Å². The lowest BCUT2D eigenvalue weighted by Crippen LogP contribution is -2.19. The minimum Gasteiger partial charge on any atom is -0.493 e. The van der Waals surface area contributed by atoms with E-state index in [0.29, 0.717) is 17.9 Å². The number of hydrogen-bond donors (Lipinski definition) is 1. The van der Waals surface area contributed by atoms with Gasteiger partial charge in [0.2, 0.25) is 0 Å². The van der Waals surface area contributed by atoms with E-state index in [2.05, 4.69) is 53.7 Å². The van der Waals surface area contributed by atoms with Crippen molar-refractivity contribution >= 4 is 0 Å². The molecule has 2 heteroatoms. The molecule has 2 nitrogen and oxygen atoms in total. The molecule has 0 spiro atoms. The van der Waals surface area contributed by atoms with Crippen LogP contribution in [0.2, 0.25) is 0 Å². The second kappa shape index (κ2) is 8.43. The van der Waals surface area contributed by atoms with Crippen LogP contribution >= 0.6 is 0 Å². The second-order valence-corrected chi connectivity index (χ2v) is 6.85. The molecule has 120 valence electrons. The SMILES string of the molecule is CCC(N)CCC(C)c1cc(C)cc(C)c1OCC(C)C. The van der Waals surface area contributed by atoms with Crippen molar-refractivity contribution in [1.82, 2.24) is 0 Å². The van der Waals surface area contributed by atoms with Crippen LogP contribution in [0.25, 0.3) is 0 Å². The van der Waals surface area contributed by atoms with Crippen molar-refractivity contribution in [3.05, 3.63) is 28.8 Å². The Balaban J connectivity index is 2.91. The largest absolute Gasteiger partial charge is 0.493 e. The van der Waals surface area contributed by atoms with Gasteiger partial charge < -0.3 is 10.5 Å². The van der Waals surface area contributed by atoms with Crippen LogP contribution in [0.3, 0.4) is 0 Å². The maximum absolute atomic E-state index is 6.11. The zero-order valence-electron chi connectivity index (χ0n) is 14.7. The molecule has 2 atom stereocenters. The Bertz CT molecular complexity index is 439. The van der Waals surface area contributed by atoms with Gasteiger partial charge in [-0.2, -0.15) is 0 Å². The van der Waals surface area contributed by atoms with Gasteiger partial charge >= 0.3 is 0 Å². The van der Waals surface area contributed by atoms with Gasteiger partial charge in [0.05, 0.1) is 6.61 Å². The highest BCUT2D eigenvalue weighted by atomic mass is 16.5. The first-order valence-electron chi connectivity index (χ1n) is 8.34. The summed E-state index contributed by atoms with van der Waals surface area (Å²) in [5.74, 6) is 2.12. The number of ether oxygens (including phenoxy) is 1. The first kappa shape index (κ1) is 18.0. The normalized spacial score (nSPS) is 14.3. The summed E-state index contributed by atoms with van der Waals surface area (Å²) in [6, 6.07) is 4.81. The molecular weight excluding hydrogens is 258 g/mol. The van der Waals surface area contributed by atoms with Gasteiger partial charge in [-0.25, -0.2) is 0 Å². The second-order valence-electron chi connectivity index (χ2n) is 6.85. The highest BCUT2D eigenvalue weighted by Gasteiger charge is 2.16. The summed E-state index contributed by atoms with van der Waals surface area (Å²) in [5.41, 5.74) is 9.97. The molecule has 2 unspecified atom stereocenters. The average molecular weight is 291 g/mol. The Morgan fingerprint density at radius 1 is 1.10 bits per heavy atom. The minimum absolute atomic E-state index is 0.318. The van der Waals surface area contributed by atoms with Gasteiger partial charge in [0.1, 0.15) is 5.75 Å². The maximum Gasteiger partial charge on any atom is 0.125 e. The molecule has 2 N–H and O–H groups in total. The van der Waals surface area contributed by atoms with E-state index in [0.717, 1.165) is 31.6 Å². The molecule has 0 saturated heterocycles. The molecule has 0 aromatic heterocycles. The molecule has 1 rings (SSSR count). The monoisotopic (exact) mass is 291 g/mol. The number of benzene rings is 1. The molecule has 0 heterocycles. The number of aryl methyl sites for hydroxylation is 2. The van der Waals surface area contributed by atoms with Crippen molar-refractivity contribution in [2.75, 3.05) is 6.61 Å². The van der Waals surface area contributed by atoms with E-state index in [1.807, 2.05) is 0 Å². The molecule has 1 aromatic rings. The van der Waals surface area contributed by atoms with Crippen molar-refractivity contribution in [1.29, 1.82) is 0 Å². The van der Waals surface area contributed by atoms with Gasteiger partial charge in [0, 0.05) is 6.04 Å². The smallest absolute Gasteiger partial charge is 0.125 e. The van der Waals surface area contributed by atoms with Crippen LogP contribution in [-0.2, 0) is 0 Å². The van der Waals surface area contributed by atoms with Gasteiger partial charge in [-0.05, 0) is 56.1 Å². The number of nitrogens with two attached hydrogens (primary N) is 1. The van der Waals surface area contributed by atoms with Gasteiger partial charge in [-0.15, -0.1) is 0 Å². The highest BCUT2D eigenvalue weighted by Crippen LogP contribution is 2.34. The first-order chi connectivity index (χ1) is 9.85. The van der Waals surface area contributed by atoms with Crippen LogP contribution in [0.15, 0.2) is 12.1 Å². The highest BCUT2D eigenvalue weighted by molar-refractivity contribution is 5.45. The molecule has 1 aromatic carbocycles. The van der Waals surface area contributed by atoms with Crippen LogP contribution in [0, 0.1) is 19.8 Å². The molecule has 0 saturated carbocycles. The molecule has 0 aliphatic carbocycles.